The molecule has 0 spiro atoms. The molecular weight excluding hydrogens is 244 g/mol. The van der Waals surface area contributed by atoms with Crippen LogP contribution in [0.3, 0.4) is 0 Å². The highest BCUT2D eigenvalue weighted by molar-refractivity contribution is 7.12. The van der Waals surface area contributed by atoms with Crippen LogP contribution in [0.15, 0.2) is 17.5 Å². The predicted molar refractivity (Wildman–Crippen MR) is 74.0 cm³/mol. The minimum atomic E-state index is 0.225. The summed E-state index contributed by atoms with van der Waals surface area (Å²) < 4.78 is 0. The van der Waals surface area contributed by atoms with Crippen LogP contribution in [0.5, 0.6) is 0 Å². The third kappa shape index (κ3) is 2.19. The molecule has 0 N–H and O–H groups in total. The molecule has 1 aromatic heterocycles. The molecule has 2 fully saturated rings. The van der Waals surface area contributed by atoms with Gasteiger partial charge in [-0.05, 0) is 37.8 Å². The summed E-state index contributed by atoms with van der Waals surface area (Å²) in [7, 11) is 0. The molecule has 0 bridgehead atoms. The summed E-state index contributed by atoms with van der Waals surface area (Å²) >= 11 is 1.55. The van der Waals surface area contributed by atoms with Crippen LogP contribution < -0.4 is 0 Å². The third-order valence-electron chi connectivity index (χ3n) is 4.18. The Morgan fingerprint density at radius 1 is 1.39 bits per heavy atom. The van der Waals surface area contributed by atoms with E-state index in [9.17, 15) is 4.79 Å². The van der Waals surface area contributed by atoms with Crippen molar-refractivity contribution in [3.8, 4) is 0 Å². The Bertz CT molecular complexity index is 417. The number of thiophene rings is 1. The fourth-order valence-corrected chi connectivity index (χ4v) is 3.86. The van der Waals surface area contributed by atoms with Crippen molar-refractivity contribution in [2.45, 2.75) is 38.3 Å². The van der Waals surface area contributed by atoms with Gasteiger partial charge in [0, 0.05) is 25.2 Å². The van der Waals surface area contributed by atoms with E-state index in [1.165, 1.54) is 25.8 Å². The van der Waals surface area contributed by atoms with Gasteiger partial charge in [-0.15, -0.1) is 11.3 Å². The van der Waals surface area contributed by atoms with Gasteiger partial charge in [-0.2, -0.15) is 0 Å². The van der Waals surface area contributed by atoms with Gasteiger partial charge < -0.3 is 4.90 Å². The highest BCUT2D eigenvalue weighted by Crippen LogP contribution is 2.25. The fraction of sp³-hybridized carbons (Fsp3) is 0.643. The third-order valence-corrected chi connectivity index (χ3v) is 5.04. The number of hydrogen-bond donors (Lipinski definition) is 0. The molecule has 2 saturated heterocycles. The second-order valence-corrected chi connectivity index (χ2v) is 6.38. The van der Waals surface area contributed by atoms with Crippen molar-refractivity contribution in [1.82, 2.24) is 9.80 Å². The highest BCUT2D eigenvalue weighted by Gasteiger charge is 2.35. The van der Waals surface area contributed by atoms with Gasteiger partial charge in [0.15, 0.2) is 0 Å². The lowest BCUT2D eigenvalue weighted by Gasteiger charge is -2.47. The first-order chi connectivity index (χ1) is 8.75. The van der Waals surface area contributed by atoms with Crippen molar-refractivity contribution >= 4 is 17.2 Å². The van der Waals surface area contributed by atoms with Gasteiger partial charge in [-0.25, -0.2) is 0 Å². The molecule has 0 aromatic carbocycles. The second-order valence-electron chi connectivity index (χ2n) is 5.43. The summed E-state index contributed by atoms with van der Waals surface area (Å²) in [6, 6.07) is 4.83. The van der Waals surface area contributed by atoms with E-state index >= 15 is 0 Å². The Hall–Kier alpha value is -0.870. The number of nitrogens with zero attached hydrogens (tertiary/aromatic N) is 2. The summed E-state index contributed by atoms with van der Waals surface area (Å²) in [6.45, 7) is 5.35. The Balaban J connectivity index is 1.74. The molecule has 3 heterocycles. The quantitative estimate of drug-likeness (QED) is 0.778. The van der Waals surface area contributed by atoms with E-state index in [4.69, 9.17) is 0 Å². The van der Waals surface area contributed by atoms with Crippen molar-refractivity contribution in [1.29, 1.82) is 0 Å². The van der Waals surface area contributed by atoms with Gasteiger partial charge in [0.2, 0.25) is 0 Å². The van der Waals surface area contributed by atoms with E-state index in [-0.39, 0.29) is 5.91 Å². The van der Waals surface area contributed by atoms with Gasteiger partial charge in [-0.3, -0.25) is 9.69 Å². The van der Waals surface area contributed by atoms with Crippen molar-refractivity contribution in [2.75, 3.05) is 19.6 Å². The average molecular weight is 264 g/mol. The van der Waals surface area contributed by atoms with Crippen molar-refractivity contribution in [3.05, 3.63) is 22.4 Å². The lowest BCUT2D eigenvalue weighted by molar-refractivity contribution is 0.0155. The summed E-state index contributed by atoms with van der Waals surface area (Å²) in [5.74, 6) is 0.225. The SMILES string of the molecule is CC1CN2CCCCC2CN1C(=O)c1cccs1. The largest absolute Gasteiger partial charge is 0.332 e. The minimum absolute atomic E-state index is 0.225. The molecule has 2 atom stereocenters. The van der Waals surface area contributed by atoms with Crippen LogP contribution in [0.2, 0.25) is 0 Å². The van der Waals surface area contributed by atoms with Crippen molar-refractivity contribution < 1.29 is 4.79 Å². The maximum atomic E-state index is 12.5. The first-order valence-electron chi connectivity index (χ1n) is 6.84. The number of rotatable bonds is 1. The maximum absolute atomic E-state index is 12.5. The Labute approximate surface area is 112 Å². The zero-order chi connectivity index (χ0) is 12.5. The molecule has 2 aliphatic rings. The average Bonchev–Trinajstić information content (AvgIpc) is 2.91. The molecule has 0 saturated carbocycles. The lowest BCUT2D eigenvalue weighted by Crippen LogP contribution is -2.60. The number of amides is 1. The van der Waals surface area contributed by atoms with Crippen LogP contribution in [-0.4, -0.2) is 47.4 Å². The van der Waals surface area contributed by atoms with Gasteiger partial charge in [-0.1, -0.05) is 12.5 Å². The number of fused-ring (bicyclic) bond motifs is 1. The molecule has 2 unspecified atom stereocenters. The molecule has 3 nitrogen and oxygen atoms in total. The van der Waals surface area contributed by atoms with E-state index in [1.807, 2.05) is 17.5 Å². The van der Waals surface area contributed by atoms with Crippen LogP contribution in [0.25, 0.3) is 0 Å². The second kappa shape index (κ2) is 5.02. The molecule has 1 aromatic rings. The van der Waals surface area contributed by atoms with Gasteiger partial charge in [0.25, 0.3) is 5.91 Å². The van der Waals surface area contributed by atoms with Crippen LogP contribution in [-0.2, 0) is 0 Å². The van der Waals surface area contributed by atoms with Crippen LogP contribution in [0.4, 0.5) is 0 Å². The molecule has 18 heavy (non-hydrogen) atoms. The number of hydrogen-bond acceptors (Lipinski definition) is 3. The first-order valence-corrected chi connectivity index (χ1v) is 7.72. The molecule has 2 aliphatic heterocycles. The number of carbonyl (C=O) groups is 1. The summed E-state index contributed by atoms with van der Waals surface area (Å²) in [5.41, 5.74) is 0. The van der Waals surface area contributed by atoms with Crippen LogP contribution in [0.1, 0.15) is 35.9 Å². The van der Waals surface area contributed by atoms with Gasteiger partial charge >= 0.3 is 0 Å². The maximum Gasteiger partial charge on any atom is 0.264 e. The Morgan fingerprint density at radius 3 is 3.06 bits per heavy atom. The number of piperidine rings is 1. The fourth-order valence-electron chi connectivity index (χ4n) is 3.18. The molecule has 4 heteroatoms. The molecule has 1 amide bonds. The van der Waals surface area contributed by atoms with Crippen LogP contribution >= 0.6 is 11.3 Å². The topological polar surface area (TPSA) is 23.6 Å². The predicted octanol–water partition coefficient (Wildman–Crippen LogP) is 2.45. The molecular formula is C14H20N2OS. The number of piperazine rings is 1. The van der Waals surface area contributed by atoms with Crippen molar-refractivity contribution in [3.63, 3.8) is 0 Å². The standard InChI is InChI=1S/C14H20N2OS/c1-11-9-15-7-3-2-5-12(15)10-16(11)14(17)13-6-4-8-18-13/h4,6,8,11-12H,2-3,5,7,9-10H2,1H3. The smallest absolute Gasteiger partial charge is 0.264 e. The monoisotopic (exact) mass is 264 g/mol. The summed E-state index contributed by atoms with van der Waals surface area (Å²) in [5, 5.41) is 1.98. The van der Waals surface area contributed by atoms with E-state index in [0.717, 1.165) is 18.0 Å². The van der Waals surface area contributed by atoms with Gasteiger partial charge in [0.05, 0.1) is 4.88 Å². The summed E-state index contributed by atoms with van der Waals surface area (Å²) in [6.07, 6.45) is 3.89. The zero-order valence-electron chi connectivity index (χ0n) is 10.8. The van der Waals surface area contributed by atoms with E-state index in [0.29, 0.717) is 12.1 Å². The molecule has 0 radical (unpaired) electrons. The Morgan fingerprint density at radius 2 is 2.28 bits per heavy atom. The molecule has 98 valence electrons. The normalized spacial score (nSPS) is 29.1. The van der Waals surface area contributed by atoms with Gasteiger partial charge in [0.1, 0.15) is 0 Å². The zero-order valence-corrected chi connectivity index (χ0v) is 11.7. The van der Waals surface area contributed by atoms with Crippen molar-refractivity contribution in [2.24, 2.45) is 0 Å². The van der Waals surface area contributed by atoms with E-state index in [2.05, 4.69) is 16.7 Å². The number of carbonyl (C=O) groups excluding carboxylic acids is 1. The Kier molecular flexibility index (Phi) is 3.39. The van der Waals surface area contributed by atoms with Crippen LogP contribution in [0, 0.1) is 0 Å². The minimum Gasteiger partial charge on any atom is -0.332 e. The first kappa shape index (κ1) is 12.2. The lowest BCUT2D eigenvalue weighted by atomic mass is 9.97. The molecule has 0 aliphatic carbocycles. The summed E-state index contributed by atoms with van der Waals surface area (Å²) in [4.78, 5) is 18.0. The highest BCUT2D eigenvalue weighted by atomic mass is 32.1. The van der Waals surface area contributed by atoms with E-state index in [1.54, 1.807) is 11.3 Å². The van der Waals surface area contributed by atoms with E-state index < -0.39 is 0 Å². The molecule has 3 rings (SSSR count).